The molecule has 2 fully saturated rings. The SMILES string of the molecule is C=CC(=O)O.C=CC(=O)O.C=CC(=O)O.O=C(O)C1CC2CCC1C2. The summed E-state index contributed by atoms with van der Waals surface area (Å²) in [5, 5.41) is 31.5. The molecule has 2 bridgehead atoms. The normalized spacial score (nSPS) is 21.5. The first-order chi connectivity index (χ1) is 11.6. The summed E-state index contributed by atoms with van der Waals surface area (Å²) in [5.41, 5.74) is 0. The lowest BCUT2D eigenvalue weighted by Gasteiger charge is -2.16. The highest BCUT2D eigenvalue weighted by Gasteiger charge is 2.42. The number of aliphatic carboxylic acids is 4. The van der Waals surface area contributed by atoms with Crippen LogP contribution in [-0.2, 0) is 19.2 Å². The second kappa shape index (κ2) is 13.5. The molecule has 2 rings (SSSR count). The molecule has 0 radical (unpaired) electrons. The molecular formula is C17H24O8. The number of hydrogen-bond acceptors (Lipinski definition) is 4. The van der Waals surface area contributed by atoms with Gasteiger partial charge in [0.05, 0.1) is 5.92 Å². The van der Waals surface area contributed by atoms with E-state index in [1.54, 1.807) is 0 Å². The Morgan fingerprint density at radius 3 is 1.20 bits per heavy atom. The highest BCUT2D eigenvalue weighted by molar-refractivity contribution is 5.79. The number of carboxylic acid groups (broad SMARTS) is 4. The van der Waals surface area contributed by atoms with Gasteiger partial charge in [0.2, 0.25) is 0 Å². The fraction of sp³-hybridized carbons (Fsp3) is 0.412. The quantitative estimate of drug-likeness (QED) is 0.560. The molecule has 8 heteroatoms. The average molecular weight is 356 g/mol. The molecule has 0 saturated heterocycles. The zero-order valence-corrected chi connectivity index (χ0v) is 13.8. The van der Waals surface area contributed by atoms with Crippen LogP contribution in [0.4, 0.5) is 0 Å². The van der Waals surface area contributed by atoms with E-state index in [-0.39, 0.29) is 5.92 Å². The largest absolute Gasteiger partial charge is 0.481 e. The molecule has 0 aliphatic heterocycles. The number of rotatable bonds is 4. The summed E-state index contributed by atoms with van der Waals surface area (Å²) in [6.07, 6.45) is 7.10. The van der Waals surface area contributed by atoms with E-state index in [2.05, 4.69) is 19.7 Å². The third-order valence-electron chi connectivity index (χ3n) is 3.58. The van der Waals surface area contributed by atoms with E-state index in [4.69, 9.17) is 20.4 Å². The molecular weight excluding hydrogens is 332 g/mol. The van der Waals surface area contributed by atoms with Gasteiger partial charge in [0.1, 0.15) is 0 Å². The number of carboxylic acids is 4. The van der Waals surface area contributed by atoms with E-state index in [9.17, 15) is 19.2 Å². The summed E-state index contributed by atoms with van der Waals surface area (Å²) in [4.78, 5) is 38.3. The first-order valence-corrected chi connectivity index (χ1v) is 7.37. The molecule has 0 aromatic heterocycles. The van der Waals surface area contributed by atoms with Gasteiger partial charge in [0.15, 0.2) is 0 Å². The molecule has 3 atom stereocenters. The van der Waals surface area contributed by atoms with E-state index in [0.717, 1.165) is 30.6 Å². The second-order valence-corrected chi connectivity index (χ2v) is 5.25. The van der Waals surface area contributed by atoms with Gasteiger partial charge >= 0.3 is 23.9 Å². The highest BCUT2D eigenvalue weighted by Crippen LogP contribution is 2.48. The summed E-state index contributed by atoms with van der Waals surface area (Å²) in [5.74, 6) is -2.21. The monoisotopic (exact) mass is 356 g/mol. The Hall–Kier alpha value is -2.90. The van der Waals surface area contributed by atoms with Crippen molar-refractivity contribution in [2.45, 2.75) is 25.7 Å². The average Bonchev–Trinajstić information content (AvgIpc) is 3.19. The minimum Gasteiger partial charge on any atom is -0.481 e. The Balaban J connectivity index is 0. The topological polar surface area (TPSA) is 149 Å². The van der Waals surface area contributed by atoms with E-state index >= 15 is 0 Å². The zero-order valence-electron chi connectivity index (χ0n) is 13.8. The number of carbonyl (C=O) groups is 4. The lowest BCUT2D eigenvalue weighted by molar-refractivity contribution is -0.143. The Kier molecular flexibility index (Phi) is 13.2. The maximum absolute atomic E-state index is 10.6. The summed E-state index contributed by atoms with van der Waals surface area (Å²) in [6.45, 7) is 8.88. The maximum Gasteiger partial charge on any atom is 0.327 e. The van der Waals surface area contributed by atoms with Crippen LogP contribution in [0, 0.1) is 17.8 Å². The summed E-state index contributed by atoms with van der Waals surface area (Å²) in [6, 6.07) is 0. The van der Waals surface area contributed by atoms with Gasteiger partial charge in [0.25, 0.3) is 0 Å². The van der Waals surface area contributed by atoms with Gasteiger partial charge in [-0.1, -0.05) is 26.2 Å². The van der Waals surface area contributed by atoms with Crippen molar-refractivity contribution < 1.29 is 39.6 Å². The van der Waals surface area contributed by atoms with Gasteiger partial charge < -0.3 is 20.4 Å². The number of hydrogen-bond donors (Lipinski definition) is 4. The van der Waals surface area contributed by atoms with Crippen molar-refractivity contribution in [1.29, 1.82) is 0 Å². The van der Waals surface area contributed by atoms with Crippen molar-refractivity contribution in [3.8, 4) is 0 Å². The number of fused-ring (bicyclic) bond motifs is 2. The van der Waals surface area contributed by atoms with Crippen molar-refractivity contribution >= 4 is 23.9 Å². The van der Waals surface area contributed by atoms with Crippen LogP contribution in [0.25, 0.3) is 0 Å². The van der Waals surface area contributed by atoms with Crippen molar-refractivity contribution in [2.24, 2.45) is 17.8 Å². The molecule has 0 aromatic rings. The molecule has 0 heterocycles. The summed E-state index contributed by atoms with van der Waals surface area (Å²) < 4.78 is 0. The van der Waals surface area contributed by atoms with Crippen molar-refractivity contribution in [1.82, 2.24) is 0 Å². The van der Waals surface area contributed by atoms with Crippen LogP contribution >= 0.6 is 0 Å². The fourth-order valence-electron chi connectivity index (χ4n) is 2.55. The minimum atomic E-state index is -0.981. The molecule has 0 spiro atoms. The van der Waals surface area contributed by atoms with Crippen LogP contribution < -0.4 is 0 Å². The van der Waals surface area contributed by atoms with Crippen molar-refractivity contribution in [2.75, 3.05) is 0 Å². The van der Waals surface area contributed by atoms with E-state index in [0.29, 0.717) is 5.92 Å². The lowest BCUT2D eigenvalue weighted by atomic mass is 9.89. The van der Waals surface area contributed by atoms with Crippen LogP contribution in [0.2, 0.25) is 0 Å². The Labute approximate surface area is 145 Å². The molecule has 2 aliphatic rings. The first kappa shape index (κ1) is 24.4. The molecule has 3 unspecified atom stereocenters. The molecule has 0 amide bonds. The van der Waals surface area contributed by atoms with Gasteiger partial charge in [-0.25, -0.2) is 14.4 Å². The minimum absolute atomic E-state index is 0.0127. The van der Waals surface area contributed by atoms with Gasteiger partial charge in [-0.3, -0.25) is 4.79 Å². The van der Waals surface area contributed by atoms with Crippen molar-refractivity contribution in [3.63, 3.8) is 0 Å². The third-order valence-corrected chi connectivity index (χ3v) is 3.58. The summed E-state index contributed by atoms with van der Waals surface area (Å²) >= 11 is 0. The maximum atomic E-state index is 10.6. The van der Waals surface area contributed by atoms with Gasteiger partial charge in [-0.15, -0.1) is 0 Å². The molecule has 25 heavy (non-hydrogen) atoms. The van der Waals surface area contributed by atoms with E-state index < -0.39 is 23.9 Å². The van der Waals surface area contributed by atoms with E-state index in [1.807, 2.05) is 0 Å². The molecule has 0 aromatic carbocycles. The van der Waals surface area contributed by atoms with E-state index in [1.165, 1.54) is 19.3 Å². The highest BCUT2D eigenvalue weighted by atomic mass is 16.4. The predicted octanol–water partition coefficient (Wildman–Crippen LogP) is 2.28. The molecule has 2 aliphatic carbocycles. The summed E-state index contributed by atoms with van der Waals surface area (Å²) in [7, 11) is 0. The zero-order chi connectivity index (χ0) is 20.0. The van der Waals surface area contributed by atoms with Crippen LogP contribution in [0.15, 0.2) is 38.0 Å². The Morgan fingerprint density at radius 2 is 1.08 bits per heavy atom. The Bertz CT molecular complexity index is 466. The first-order valence-electron chi connectivity index (χ1n) is 7.37. The van der Waals surface area contributed by atoms with Gasteiger partial charge in [-0.05, 0) is 31.1 Å². The van der Waals surface area contributed by atoms with Crippen molar-refractivity contribution in [3.05, 3.63) is 38.0 Å². The lowest BCUT2D eigenvalue weighted by Crippen LogP contribution is -2.19. The molecule has 8 nitrogen and oxygen atoms in total. The predicted molar refractivity (Wildman–Crippen MR) is 90.1 cm³/mol. The molecule has 140 valence electrons. The molecule has 2 saturated carbocycles. The van der Waals surface area contributed by atoms with Gasteiger partial charge in [-0.2, -0.15) is 0 Å². The Morgan fingerprint density at radius 1 is 0.720 bits per heavy atom. The van der Waals surface area contributed by atoms with Gasteiger partial charge in [0, 0.05) is 18.2 Å². The second-order valence-electron chi connectivity index (χ2n) is 5.25. The van der Waals surface area contributed by atoms with Crippen LogP contribution in [0.1, 0.15) is 25.7 Å². The fourth-order valence-corrected chi connectivity index (χ4v) is 2.55. The van der Waals surface area contributed by atoms with Crippen LogP contribution in [0.3, 0.4) is 0 Å². The standard InChI is InChI=1S/C8H12O2.3C3H4O2/c9-8(10)7-4-5-1-2-6(7)3-5;3*1-2-3(4)5/h5-7H,1-4H2,(H,9,10);3*2H,1H2,(H,4,5). The molecule has 4 N–H and O–H groups in total. The third kappa shape index (κ3) is 13.3. The van der Waals surface area contributed by atoms with Crippen LogP contribution in [-0.4, -0.2) is 44.3 Å². The van der Waals surface area contributed by atoms with Crippen LogP contribution in [0.5, 0.6) is 0 Å². The smallest absolute Gasteiger partial charge is 0.327 e.